The number of nitrogens with zero attached hydrogens (tertiary/aromatic N) is 4. The first-order valence-electron chi connectivity index (χ1n) is 17.3. The van der Waals surface area contributed by atoms with Gasteiger partial charge in [-0.25, -0.2) is 27.7 Å². The molecular formula is C39H36F3N5O4S. The van der Waals surface area contributed by atoms with Crippen molar-refractivity contribution in [2.24, 2.45) is 4.99 Å². The van der Waals surface area contributed by atoms with Crippen LogP contribution in [0.3, 0.4) is 0 Å². The van der Waals surface area contributed by atoms with Crippen LogP contribution in [-0.4, -0.2) is 83.5 Å². The van der Waals surface area contributed by atoms with Gasteiger partial charge in [0.1, 0.15) is 24.5 Å². The molecule has 268 valence electrons. The normalized spacial score (nSPS) is 22.1. The number of carbonyl (C=O) groups is 2. The number of nitrogens with one attached hydrogen (secondary N) is 1. The summed E-state index contributed by atoms with van der Waals surface area (Å²) in [6, 6.07) is 17.3. The highest BCUT2D eigenvalue weighted by Gasteiger charge is 2.61. The lowest BCUT2D eigenvalue weighted by molar-refractivity contribution is -0.139. The third-order valence-electron chi connectivity index (χ3n) is 10.5. The van der Waals surface area contributed by atoms with Crippen molar-refractivity contribution < 1.29 is 32.2 Å². The number of amides is 1. The van der Waals surface area contributed by atoms with Gasteiger partial charge in [0.25, 0.3) is 5.92 Å². The number of likely N-dealkylation sites (tertiary alicyclic amines) is 2. The molecule has 9 nitrogen and oxygen atoms in total. The first-order chi connectivity index (χ1) is 25.2. The van der Waals surface area contributed by atoms with Crippen LogP contribution < -0.4 is 5.32 Å². The minimum atomic E-state index is -3.27. The predicted octanol–water partition coefficient (Wildman–Crippen LogP) is 6.84. The third-order valence-corrected chi connectivity index (χ3v) is 11.3. The van der Waals surface area contributed by atoms with Crippen LogP contribution in [0.2, 0.25) is 0 Å². The Labute approximate surface area is 302 Å². The van der Waals surface area contributed by atoms with E-state index in [1.807, 2.05) is 48.5 Å². The van der Waals surface area contributed by atoms with Crippen LogP contribution in [0.5, 0.6) is 0 Å². The molecular weight excluding hydrogens is 692 g/mol. The molecule has 4 aliphatic rings. The Morgan fingerprint density at radius 2 is 1.71 bits per heavy atom. The minimum Gasteiger partial charge on any atom is -0.463 e. The van der Waals surface area contributed by atoms with Crippen molar-refractivity contribution in [1.82, 2.24) is 20.1 Å². The number of benzene rings is 3. The topological polar surface area (TPSA) is 96.4 Å². The van der Waals surface area contributed by atoms with Crippen LogP contribution in [0.25, 0.3) is 11.1 Å². The van der Waals surface area contributed by atoms with Gasteiger partial charge in [-0.2, -0.15) is 0 Å². The fourth-order valence-corrected chi connectivity index (χ4v) is 8.76. The van der Waals surface area contributed by atoms with Crippen LogP contribution in [0.1, 0.15) is 52.6 Å². The van der Waals surface area contributed by atoms with Crippen LogP contribution in [-0.2, 0) is 14.3 Å². The Balaban J connectivity index is 1.07. The zero-order valence-corrected chi connectivity index (χ0v) is 29.3. The van der Waals surface area contributed by atoms with Crippen LogP contribution in [0.15, 0.2) is 94.6 Å². The maximum atomic E-state index is 16.1. The standard InChI is InChI=1S/C39H36F3N5O4S/c1-3-50-37(48)32-30(44-35(36-43-16-18-52-36)45-33(32)23-13-8-14-29(40)22(23)2)19-46-21-39(41,42)34-31(46)15-17-47(34)38(49)51-20-28-26-11-6-4-9-24(26)25-10-5-7-12-27(25)28/h4-14,16,18,28,31,33-34H,3,15,17,19-21H2,1-2H3,(H,44,45)/t31-,33-,34+/m0/s1. The summed E-state index contributed by atoms with van der Waals surface area (Å²) in [5, 5.41) is 5.50. The predicted molar refractivity (Wildman–Crippen MR) is 190 cm³/mol. The van der Waals surface area contributed by atoms with Gasteiger partial charge in [0.2, 0.25) is 0 Å². The molecule has 1 amide bonds. The summed E-state index contributed by atoms with van der Waals surface area (Å²) in [7, 11) is 0. The van der Waals surface area contributed by atoms with Crippen LogP contribution >= 0.6 is 11.3 Å². The van der Waals surface area contributed by atoms with Crippen molar-refractivity contribution in [1.29, 1.82) is 0 Å². The molecule has 0 saturated carbocycles. The van der Waals surface area contributed by atoms with E-state index in [1.54, 1.807) is 42.5 Å². The minimum absolute atomic E-state index is 0.0233. The first kappa shape index (κ1) is 34.1. The quantitative estimate of drug-likeness (QED) is 0.199. The number of aromatic nitrogens is 1. The molecule has 0 spiro atoms. The van der Waals surface area contributed by atoms with Crippen LogP contribution in [0.4, 0.5) is 18.0 Å². The Morgan fingerprint density at radius 3 is 2.40 bits per heavy atom. The van der Waals surface area contributed by atoms with Gasteiger partial charge in [-0.3, -0.25) is 14.8 Å². The van der Waals surface area contributed by atoms with E-state index < -0.39 is 48.5 Å². The zero-order chi connectivity index (χ0) is 36.1. The van der Waals surface area contributed by atoms with Crippen molar-refractivity contribution in [2.45, 2.75) is 50.2 Å². The Hall–Kier alpha value is -5.01. The molecule has 2 saturated heterocycles. The van der Waals surface area contributed by atoms with E-state index >= 15 is 8.78 Å². The summed E-state index contributed by atoms with van der Waals surface area (Å²) < 4.78 is 58.3. The van der Waals surface area contributed by atoms with E-state index in [9.17, 15) is 14.0 Å². The lowest BCUT2D eigenvalue weighted by Crippen LogP contribution is -2.48. The second-order valence-electron chi connectivity index (χ2n) is 13.4. The van der Waals surface area contributed by atoms with E-state index in [0.717, 1.165) is 27.2 Å². The smallest absolute Gasteiger partial charge is 0.410 e. The maximum absolute atomic E-state index is 16.1. The highest BCUT2D eigenvalue weighted by Crippen LogP contribution is 2.46. The van der Waals surface area contributed by atoms with Crippen LogP contribution in [0, 0.1) is 12.7 Å². The van der Waals surface area contributed by atoms with Gasteiger partial charge in [-0.05, 0) is 59.7 Å². The average molecular weight is 728 g/mol. The second kappa shape index (κ2) is 13.5. The molecule has 3 aromatic carbocycles. The van der Waals surface area contributed by atoms with Gasteiger partial charge in [-0.1, -0.05) is 60.7 Å². The Morgan fingerprint density at radius 1 is 1.00 bits per heavy atom. The van der Waals surface area contributed by atoms with Crippen molar-refractivity contribution in [3.05, 3.63) is 123 Å². The van der Waals surface area contributed by atoms with Gasteiger partial charge >= 0.3 is 12.1 Å². The molecule has 1 aliphatic carbocycles. The first-order valence-corrected chi connectivity index (χ1v) is 18.2. The van der Waals surface area contributed by atoms with E-state index in [0.29, 0.717) is 27.7 Å². The van der Waals surface area contributed by atoms with E-state index in [4.69, 9.17) is 14.5 Å². The molecule has 4 heterocycles. The number of hydrogen-bond donors (Lipinski definition) is 1. The molecule has 2 fully saturated rings. The highest BCUT2D eigenvalue weighted by molar-refractivity contribution is 7.11. The lowest BCUT2D eigenvalue weighted by Gasteiger charge is -2.31. The van der Waals surface area contributed by atoms with Gasteiger partial charge in [0.15, 0.2) is 10.8 Å². The number of alkyl halides is 2. The van der Waals surface area contributed by atoms with Gasteiger partial charge in [-0.15, -0.1) is 11.3 Å². The van der Waals surface area contributed by atoms with E-state index in [2.05, 4.69) is 10.3 Å². The number of carbonyl (C=O) groups excluding carboxylic acids is 2. The number of hydrogen-bond acceptors (Lipinski definition) is 9. The average Bonchev–Trinajstić information content (AvgIpc) is 3.93. The van der Waals surface area contributed by atoms with Gasteiger partial charge in [0, 0.05) is 42.3 Å². The van der Waals surface area contributed by atoms with Crippen molar-refractivity contribution >= 4 is 29.2 Å². The highest BCUT2D eigenvalue weighted by atomic mass is 32.1. The number of esters is 1. The summed E-state index contributed by atoms with van der Waals surface area (Å²) in [5.41, 5.74) is 5.38. The molecule has 4 aromatic rings. The fraction of sp³-hybridized carbons (Fsp3) is 0.333. The van der Waals surface area contributed by atoms with E-state index in [-0.39, 0.29) is 44.2 Å². The molecule has 1 aromatic heterocycles. The molecule has 1 N–H and O–H groups in total. The molecule has 52 heavy (non-hydrogen) atoms. The van der Waals surface area contributed by atoms with Crippen molar-refractivity contribution in [3.8, 4) is 11.1 Å². The summed E-state index contributed by atoms with van der Waals surface area (Å²) in [6.07, 6.45) is 1.11. The number of thiazole rings is 1. The monoisotopic (exact) mass is 727 g/mol. The third kappa shape index (κ3) is 5.85. The number of aliphatic imine (C=N–C) groups is 1. The molecule has 3 atom stereocenters. The number of halogens is 3. The fourth-order valence-electron chi connectivity index (χ4n) is 8.17. The Kier molecular flexibility index (Phi) is 8.86. The second-order valence-corrected chi connectivity index (χ2v) is 14.3. The summed E-state index contributed by atoms with van der Waals surface area (Å²) in [6.45, 7) is 2.71. The number of rotatable bonds is 8. The summed E-state index contributed by atoms with van der Waals surface area (Å²) >= 11 is 1.31. The molecule has 8 rings (SSSR count). The number of ether oxygens (including phenoxy) is 2. The van der Waals surface area contributed by atoms with Gasteiger partial charge < -0.3 is 14.8 Å². The zero-order valence-electron chi connectivity index (χ0n) is 28.5. The maximum Gasteiger partial charge on any atom is 0.410 e. The molecule has 0 unspecified atom stereocenters. The molecule has 0 bridgehead atoms. The lowest BCUT2D eigenvalue weighted by atomic mass is 9.92. The summed E-state index contributed by atoms with van der Waals surface area (Å²) in [4.78, 5) is 39.2. The molecule has 3 aliphatic heterocycles. The van der Waals surface area contributed by atoms with Gasteiger partial charge in [0.05, 0.1) is 18.7 Å². The number of fused-ring (bicyclic) bond motifs is 4. The number of amidine groups is 1. The Bertz CT molecular complexity index is 2060. The summed E-state index contributed by atoms with van der Waals surface area (Å²) in [5.74, 6) is -4.29. The van der Waals surface area contributed by atoms with E-state index in [1.165, 1.54) is 17.4 Å². The molecule has 0 radical (unpaired) electrons. The molecule has 13 heteroatoms. The van der Waals surface area contributed by atoms with Crippen molar-refractivity contribution in [3.63, 3.8) is 0 Å². The SMILES string of the molecule is CCOC(=O)C1=C(CN2CC(F)(F)[C@H]3[C@@H]2CCN3C(=O)OCC2c3ccccc3-c3ccccc32)NC(c2nccs2)=N[C@H]1c1cccc(F)c1C. The van der Waals surface area contributed by atoms with Crippen molar-refractivity contribution in [2.75, 3.05) is 32.8 Å². The largest absolute Gasteiger partial charge is 0.463 e.